The van der Waals surface area contributed by atoms with Crippen LogP contribution in [0.2, 0.25) is 0 Å². The first kappa shape index (κ1) is 22.2. The van der Waals surface area contributed by atoms with E-state index in [0.717, 1.165) is 16.9 Å². The Kier molecular flexibility index (Phi) is 8.98. The van der Waals surface area contributed by atoms with Gasteiger partial charge in [0.1, 0.15) is 12.4 Å². The van der Waals surface area contributed by atoms with Crippen LogP contribution in [-0.4, -0.2) is 38.2 Å². The molecule has 7 heteroatoms. The zero-order valence-electron chi connectivity index (χ0n) is 17.2. The first-order valence-electron chi connectivity index (χ1n) is 9.77. The molecule has 7 nitrogen and oxygen atoms in total. The summed E-state index contributed by atoms with van der Waals surface area (Å²) >= 11 is 0. The summed E-state index contributed by atoms with van der Waals surface area (Å²) < 4.78 is 10.9. The molecule has 0 bridgehead atoms. The van der Waals surface area contributed by atoms with E-state index in [9.17, 15) is 9.59 Å². The van der Waals surface area contributed by atoms with Gasteiger partial charge < -0.3 is 25.4 Å². The molecule has 2 amide bonds. The lowest BCUT2D eigenvalue weighted by molar-refractivity contribution is -0.116. The molecule has 0 saturated carbocycles. The maximum atomic E-state index is 12.4. The van der Waals surface area contributed by atoms with Crippen LogP contribution in [0.1, 0.15) is 25.8 Å². The molecule has 29 heavy (non-hydrogen) atoms. The van der Waals surface area contributed by atoms with Gasteiger partial charge in [0.15, 0.2) is 0 Å². The average molecular weight is 399 g/mol. The quantitative estimate of drug-likeness (QED) is 0.500. The molecule has 0 saturated heterocycles. The summed E-state index contributed by atoms with van der Waals surface area (Å²) in [6, 6.07) is 12.9. The highest BCUT2D eigenvalue weighted by atomic mass is 16.5. The van der Waals surface area contributed by atoms with Gasteiger partial charge >= 0.3 is 0 Å². The fourth-order valence-corrected chi connectivity index (χ4v) is 2.53. The van der Waals surface area contributed by atoms with Crippen LogP contribution < -0.4 is 20.7 Å². The predicted molar refractivity (Wildman–Crippen MR) is 116 cm³/mol. The predicted octanol–water partition coefficient (Wildman–Crippen LogP) is 3.81. The van der Waals surface area contributed by atoms with Crippen LogP contribution >= 0.6 is 0 Å². The Hall–Kier alpha value is -3.06. The van der Waals surface area contributed by atoms with E-state index in [2.05, 4.69) is 16.0 Å². The third kappa shape index (κ3) is 7.46. The van der Waals surface area contributed by atoms with Crippen LogP contribution in [0.3, 0.4) is 0 Å². The van der Waals surface area contributed by atoms with Gasteiger partial charge in [-0.25, -0.2) is 0 Å². The zero-order chi connectivity index (χ0) is 21.1. The third-order valence-corrected chi connectivity index (χ3v) is 4.14. The number of anilines is 3. The highest BCUT2D eigenvalue weighted by Gasteiger charge is 2.09. The number of hydrogen-bond donors (Lipinski definition) is 3. The summed E-state index contributed by atoms with van der Waals surface area (Å²) in [4.78, 5) is 24.0. The summed E-state index contributed by atoms with van der Waals surface area (Å²) in [5, 5.41) is 8.79. The van der Waals surface area contributed by atoms with Crippen molar-refractivity contribution in [3.8, 4) is 5.75 Å². The highest BCUT2D eigenvalue weighted by Crippen LogP contribution is 2.24. The number of ether oxygens (including phenoxy) is 2. The molecular weight excluding hydrogens is 370 g/mol. The van der Waals surface area contributed by atoms with Gasteiger partial charge in [0.05, 0.1) is 18.8 Å². The number of para-hydroxylation sites is 2. The molecule has 156 valence electrons. The maximum absolute atomic E-state index is 12.4. The smallest absolute Gasteiger partial charge is 0.243 e. The summed E-state index contributed by atoms with van der Waals surface area (Å²) in [7, 11) is 0. The molecular formula is C22H29N3O4. The molecule has 2 aromatic carbocycles. The van der Waals surface area contributed by atoms with E-state index in [-0.39, 0.29) is 18.4 Å². The van der Waals surface area contributed by atoms with Crippen LogP contribution in [0.5, 0.6) is 5.75 Å². The van der Waals surface area contributed by atoms with Crippen LogP contribution in [0.15, 0.2) is 42.5 Å². The van der Waals surface area contributed by atoms with Crippen molar-refractivity contribution in [3.05, 3.63) is 48.0 Å². The van der Waals surface area contributed by atoms with E-state index in [4.69, 9.17) is 9.47 Å². The lowest BCUT2D eigenvalue weighted by Gasteiger charge is -2.14. The molecule has 0 aliphatic rings. The van der Waals surface area contributed by atoms with E-state index >= 15 is 0 Å². The van der Waals surface area contributed by atoms with Crippen LogP contribution in [-0.2, 0) is 14.3 Å². The second-order valence-corrected chi connectivity index (χ2v) is 6.37. The molecule has 0 aromatic heterocycles. The summed E-state index contributed by atoms with van der Waals surface area (Å²) in [5.41, 5.74) is 3.05. The molecule has 0 fully saturated rings. The van der Waals surface area contributed by atoms with Crippen molar-refractivity contribution in [1.29, 1.82) is 0 Å². The van der Waals surface area contributed by atoms with Gasteiger partial charge in [0.25, 0.3) is 0 Å². The van der Waals surface area contributed by atoms with E-state index in [0.29, 0.717) is 37.7 Å². The molecule has 0 atom stereocenters. The molecule has 0 spiro atoms. The molecule has 0 unspecified atom stereocenters. The monoisotopic (exact) mass is 399 g/mol. The Bertz CT molecular complexity index is 823. The van der Waals surface area contributed by atoms with Crippen molar-refractivity contribution >= 4 is 28.9 Å². The largest absolute Gasteiger partial charge is 0.489 e. The van der Waals surface area contributed by atoms with E-state index < -0.39 is 0 Å². The van der Waals surface area contributed by atoms with Crippen molar-refractivity contribution in [2.75, 3.05) is 42.3 Å². The Morgan fingerprint density at radius 2 is 1.69 bits per heavy atom. The lowest BCUT2D eigenvalue weighted by atomic mass is 10.1. The minimum Gasteiger partial charge on any atom is -0.489 e. The number of benzene rings is 2. The number of carbonyl (C=O) groups excluding carboxylic acids is 2. The van der Waals surface area contributed by atoms with E-state index in [1.807, 2.05) is 44.2 Å². The summed E-state index contributed by atoms with van der Waals surface area (Å²) in [6.45, 7) is 7.27. The van der Waals surface area contributed by atoms with Gasteiger partial charge in [-0.05, 0) is 43.7 Å². The fraction of sp³-hybridized carbons (Fsp3) is 0.364. The van der Waals surface area contributed by atoms with Crippen LogP contribution in [0, 0.1) is 6.92 Å². The zero-order valence-corrected chi connectivity index (χ0v) is 17.2. The first-order chi connectivity index (χ1) is 14.0. The van der Waals surface area contributed by atoms with Crippen molar-refractivity contribution in [1.82, 2.24) is 0 Å². The van der Waals surface area contributed by atoms with Gasteiger partial charge in [-0.3, -0.25) is 9.59 Å². The van der Waals surface area contributed by atoms with Gasteiger partial charge in [-0.2, -0.15) is 0 Å². The number of carbonyl (C=O) groups is 2. The van der Waals surface area contributed by atoms with Crippen molar-refractivity contribution in [2.45, 2.75) is 27.2 Å². The van der Waals surface area contributed by atoms with Gasteiger partial charge in [0.2, 0.25) is 11.8 Å². The number of nitrogens with one attached hydrogen (secondary N) is 3. The molecule has 0 radical (unpaired) electrons. The third-order valence-electron chi connectivity index (χ3n) is 4.14. The minimum absolute atomic E-state index is 0.0519. The van der Waals surface area contributed by atoms with Gasteiger partial charge in [0, 0.05) is 24.4 Å². The topological polar surface area (TPSA) is 88.7 Å². The molecule has 2 rings (SSSR count). The average Bonchev–Trinajstić information content (AvgIpc) is 2.72. The second-order valence-electron chi connectivity index (χ2n) is 6.37. The molecule has 0 aliphatic heterocycles. The molecule has 0 heterocycles. The van der Waals surface area contributed by atoms with Crippen molar-refractivity contribution < 1.29 is 19.1 Å². The van der Waals surface area contributed by atoms with Gasteiger partial charge in [-0.1, -0.05) is 25.1 Å². The number of amides is 2. The minimum atomic E-state index is -0.203. The Labute approximate surface area is 171 Å². The van der Waals surface area contributed by atoms with Crippen LogP contribution in [0.25, 0.3) is 0 Å². The van der Waals surface area contributed by atoms with Crippen molar-refractivity contribution in [3.63, 3.8) is 0 Å². The van der Waals surface area contributed by atoms with E-state index in [1.165, 1.54) is 0 Å². The first-order valence-corrected chi connectivity index (χ1v) is 9.77. The number of rotatable bonds is 11. The lowest BCUT2D eigenvalue weighted by Crippen LogP contribution is -2.22. The van der Waals surface area contributed by atoms with E-state index in [1.54, 1.807) is 19.1 Å². The fourth-order valence-electron chi connectivity index (χ4n) is 2.53. The maximum Gasteiger partial charge on any atom is 0.243 e. The second kappa shape index (κ2) is 11.7. The molecule has 3 N–H and O–H groups in total. The normalized spacial score (nSPS) is 10.3. The van der Waals surface area contributed by atoms with Crippen LogP contribution in [0.4, 0.5) is 17.1 Å². The summed E-state index contributed by atoms with van der Waals surface area (Å²) in [6.07, 6.45) is 0.408. The highest BCUT2D eigenvalue weighted by molar-refractivity contribution is 5.95. The number of hydrogen-bond acceptors (Lipinski definition) is 5. The Morgan fingerprint density at radius 1 is 0.931 bits per heavy atom. The molecule has 2 aromatic rings. The Morgan fingerprint density at radius 3 is 2.45 bits per heavy atom. The van der Waals surface area contributed by atoms with Gasteiger partial charge in [-0.15, -0.1) is 0 Å². The van der Waals surface area contributed by atoms with Crippen molar-refractivity contribution in [2.24, 2.45) is 0 Å². The number of aryl methyl sites for hydroxylation is 1. The SMILES string of the molecule is CCOCCOc1ccccc1NC(=O)CNc1ccc(C)c(NC(=O)CC)c1. The summed E-state index contributed by atoms with van der Waals surface area (Å²) in [5.74, 6) is 0.343. The Balaban J connectivity index is 1.92. The molecule has 0 aliphatic carbocycles. The standard InChI is InChI=1S/C22H29N3O4/c1-4-21(26)25-19-14-17(11-10-16(19)3)23-15-22(27)24-18-8-6-7-9-20(18)29-13-12-28-5-2/h6-11,14,23H,4-5,12-13,15H2,1-3H3,(H,24,27)(H,25,26).